The van der Waals surface area contributed by atoms with Gasteiger partial charge < -0.3 is 38.3 Å². The van der Waals surface area contributed by atoms with Crippen LogP contribution in [-0.4, -0.2) is 82.5 Å². The number of hydrogen-bond donors (Lipinski definition) is 8. The van der Waals surface area contributed by atoms with E-state index in [4.69, 9.17) is 22.3 Å². The fourth-order valence-corrected chi connectivity index (χ4v) is 3.08. The van der Waals surface area contributed by atoms with Gasteiger partial charge in [0, 0.05) is 12.2 Å². The molecule has 0 aliphatic rings. The first-order chi connectivity index (χ1) is 14.9. The van der Waals surface area contributed by atoms with Crippen molar-refractivity contribution in [2.45, 2.75) is 49.9 Å². The largest absolute Gasteiger partial charge is 0.480 e. The number of carboxylic acid groups (broad SMARTS) is 1. The van der Waals surface area contributed by atoms with E-state index >= 15 is 0 Å². The number of thiol groups is 1. The van der Waals surface area contributed by atoms with Crippen LogP contribution in [0.5, 0.6) is 0 Å². The molecule has 0 saturated carbocycles. The number of carbonyl (C=O) groups is 6. The van der Waals surface area contributed by atoms with Crippen molar-refractivity contribution in [3.8, 4) is 0 Å². The van der Waals surface area contributed by atoms with Crippen LogP contribution in [0.3, 0.4) is 0 Å². The third-order valence-electron chi connectivity index (χ3n) is 4.12. The van der Waals surface area contributed by atoms with Gasteiger partial charge in [-0.25, -0.2) is 4.79 Å². The molecule has 5 amide bonds. The number of primary amides is 2. The Hall–Kier alpha value is -2.52. The molecular weight excluding hydrogens is 464 g/mol. The van der Waals surface area contributed by atoms with Crippen molar-refractivity contribution < 1.29 is 33.9 Å². The first-order valence-electron chi connectivity index (χ1n) is 9.48. The van der Waals surface area contributed by atoms with Crippen molar-refractivity contribution in [3.05, 3.63) is 0 Å². The summed E-state index contributed by atoms with van der Waals surface area (Å²) in [4.78, 5) is 70.4. The van der Waals surface area contributed by atoms with E-state index in [1.807, 2.05) is 0 Å². The lowest BCUT2D eigenvalue weighted by Crippen LogP contribution is -2.58. The molecule has 0 aromatic carbocycles. The molecule has 0 aliphatic carbocycles. The van der Waals surface area contributed by atoms with E-state index < -0.39 is 66.1 Å². The molecule has 0 rings (SSSR count). The zero-order valence-corrected chi connectivity index (χ0v) is 19.2. The molecule has 4 unspecified atom stereocenters. The molecular formula is C17H30N6O7S2. The van der Waals surface area contributed by atoms with E-state index in [0.717, 1.165) is 0 Å². The van der Waals surface area contributed by atoms with E-state index in [1.54, 1.807) is 6.26 Å². The van der Waals surface area contributed by atoms with Crippen LogP contribution in [0.15, 0.2) is 0 Å². The van der Waals surface area contributed by atoms with E-state index in [1.165, 1.54) is 11.8 Å². The Balaban J connectivity index is 5.19. The maximum atomic E-state index is 12.7. The molecule has 0 radical (unpaired) electrons. The smallest absolute Gasteiger partial charge is 0.326 e. The van der Waals surface area contributed by atoms with Crippen LogP contribution in [0.2, 0.25) is 0 Å². The highest BCUT2D eigenvalue weighted by Crippen LogP contribution is 2.04. The molecule has 0 bridgehead atoms. The van der Waals surface area contributed by atoms with Crippen LogP contribution in [0.25, 0.3) is 0 Å². The van der Waals surface area contributed by atoms with Gasteiger partial charge in [0.2, 0.25) is 29.5 Å². The number of hydrogen-bond acceptors (Lipinski definition) is 9. The molecule has 15 heteroatoms. The predicted octanol–water partition coefficient (Wildman–Crippen LogP) is -3.32. The summed E-state index contributed by atoms with van der Waals surface area (Å²) < 4.78 is 0. The minimum absolute atomic E-state index is 0.00383. The number of carboxylic acids is 1. The van der Waals surface area contributed by atoms with Crippen LogP contribution in [0, 0.1) is 0 Å². The quantitative estimate of drug-likeness (QED) is 0.1000. The second-order valence-corrected chi connectivity index (χ2v) is 8.12. The Morgan fingerprint density at radius 2 is 1.41 bits per heavy atom. The van der Waals surface area contributed by atoms with Gasteiger partial charge in [-0.15, -0.1) is 0 Å². The number of rotatable bonds is 16. The summed E-state index contributed by atoms with van der Waals surface area (Å²) in [6.45, 7) is 0. The SMILES string of the molecule is CSCCC(NC(=O)C(N)CCC(N)=O)C(=O)NC(CS)C(=O)NC(CC(N)=O)C(=O)O. The van der Waals surface area contributed by atoms with Crippen molar-refractivity contribution in [3.63, 3.8) is 0 Å². The Bertz CT molecular complexity index is 709. The zero-order chi connectivity index (χ0) is 24.8. The van der Waals surface area contributed by atoms with E-state index in [9.17, 15) is 28.8 Å². The predicted molar refractivity (Wildman–Crippen MR) is 120 cm³/mol. The van der Waals surface area contributed by atoms with Gasteiger partial charge in [-0.1, -0.05) is 0 Å². The van der Waals surface area contributed by atoms with Gasteiger partial charge in [0.05, 0.1) is 12.5 Å². The normalized spacial score (nSPS) is 14.3. The second-order valence-electron chi connectivity index (χ2n) is 6.77. The number of amides is 5. The average Bonchev–Trinajstić information content (AvgIpc) is 2.71. The standard InChI is InChI=1S/C17H30N6O7S2/c1-32-5-4-9(21-14(26)8(18)2-3-12(19)24)15(27)23-11(7-31)16(28)22-10(17(29)30)6-13(20)25/h8-11,31H,2-7,18H2,1H3,(H2,19,24)(H2,20,25)(H,21,26)(H,22,28)(H,23,27)(H,29,30). The summed E-state index contributed by atoms with van der Waals surface area (Å²) in [5.74, 6) is -5.02. The molecule has 0 fully saturated rings. The average molecular weight is 495 g/mol. The second kappa shape index (κ2) is 15.3. The molecule has 0 aromatic heterocycles. The molecule has 0 aliphatic heterocycles. The van der Waals surface area contributed by atoms with Gasteiger partial charge >= 0.3 is 5.97 Å². The summed E-state index contributed by atoms with van der Waals surface area (Å²) in [5.41, 5.74) is 15.7. The molecule has 32 heavy (non-hydrogen) atoms. The lowest BCUT2D eigenvalue weighted by Gasteiger charge is -2.24. The van der Waals surface area contributed by atoms with Crippen molar-refractivity contribution in [2.75, 3.05) is 17.8 Å². The number of carbonyl (C=O) groups excluding carboxylic acids is 5. The van der Waals surface area contributed by atoms with Gasteiger partial charge in [-0.05, 0) is 24.9 Å². The highest BCUT2D eigenvalue weighted by atomic mass is 32.2. The highest BCUT2D eigenvalue weighted by molar-refractivity contribution is 7.98. The Kier molecular flexibility index (Phi) is 14.1. The fourth-order valence-electron chi connectivity index (χ4n) is 2.35. The van der Waals surface area contributed by atoms with Crippen LogP contribution in [-0.2, 0) is 28.8 Å². The summed E-state index contributed by atoms with van der Waals surface area (Å²) in [5, 5.41) is 16.1. The highest BCUT2D eigenvalue weighted by Gasteiger charge is 2.30. The topological polar surface area (TPSA) is 237 Å². The molecule has 13 nitrogen and oxygen atoms in total. The molecule has 182 valence electrons. The zero-order valence-electron chi connectivity index (χ0n) is 17.5. The third-order valence-corrected chi connectivity index (χ3v) is 5.13. The van der Waals surface area contributed by atoms with Crippen LogP contribution >= 0.6 is 24.4 Å². The van der Waals surface area contributed by atoms with Gasteiger partial charge in [-0.2, -0.15) is 24.4 Å². The van der Waals surface area contributed by atoms with Crippen molar-refractivity contribution in [1.29, 1.82) is 0 Å². The van der Waals surface area contributed by atoms with Crippen LogP contribution in [0.1, 0.15) is 25.7 Å². The number of aliphatic carboxylic acids is 1. The van der Waals surface area contributed by atoms with Crippen molar-refractivity contribution >= 4 is 59.9 Å². The molecule has 0 saturated heterocycles. The Morgan fingerprint density at radius 1 is 0.875 bits per heavy atom. The Morgan fingerprint density at radius 3 is 1.88 bits per heavy atom. The van der Waals surface area contributed by atoms with Crippen LogP contribution in [0.4, 0.5) is 0 Å². The van der Waals surface area contributed by atoms with Gasteiger partial charge in [0.1, 0.15) is 18.1 Å². The fraction of sp³-hybridized carbons (Fsp3) is 0.647. The molecule has 0 spiro atoms. The lowest BCUT2D eigenvalue weighted by molar-refractivity contribution is -0.143. The van der Waals surface area contributed by atoms with E-state index in [0.29, 0.717) is 5.75 Å². The van der Waals surface area contributed by atoms with E-state index in [-0.39, 0.29) is 25.0 Å². The summed E-state index contributed by atoms with van der Waals surface area (Å²) in [6, 6.07) is -4.95. The minimum atomic E-state index is -1.57. The molecule has 4 atom stereocenters. The maximum Gasteiger partial charge on any atom is 0.326 e. The van der Waals surface area contributed by atoms with Gasteiger partial charge in [0.15, 0.2) is 0 Å². The van der Waals surface area contributed by atoms with Crippen molar-refractivity contribution in [2.24, 2.45) is 17.2 Å². The monoisotopic (exact) mass is 494 g/mol. The minimum Gasteiger partial charge on any atom is -0.480 e. The summed E-state index contributed by atoms with van der Waals surface area (Å²) in [7, 11) is 0. The molecule has 0 aromatic rings. The Labute approximate surface area is 194 Å². The number of nitrogens with one attached hydrogen (secondary N) is 3. The third kappa shape index (κ3) is 11.8. The maximum absolute atomic E-state index is 12.7. The van der Waals surface area contributed by atoms with Crippen molar-refractivity contribution in [1.82, 2.24) is 16.0 Å². The summed E-state index contributed by atoms with van der Waals surface area (Å²) >= 11 is 5.41. The van der Waals surface area contributed by atoms with Gasteiger partial charge in [0.25, 0.3) is 0 Å². The first-order valence-corrected chi connectivity index (χ1v) is 11.5. The van der Waals surface area contributed by atoms with E-state index in [2.05, 4.69) is 28.6 Å². The summed E-state index contributed by atoms with van der Waals surface area (Å²) in [6.07, 6.45) is 1.26. The molecule has 0 heterocycles. The van der Waals surface area contributed by atoms with Crippen LogP contribution < -0.4 is 33.2 Å². The number of thioether (sulfide) groups is 1. The first kappa shape index (κ1) is 29.5. The van der Waals surface area contributed by atoms with Gasteiger partial charge in [-0.3, -0.25) is 24.0 Å². The number of nitrogens with two attached hydrogens (primary N) is 3. The lowest BCUT2D eigenvalue weighted by atomic mass is 10.1. The molecule has 10 N–H and O–H groups in total.